The van der Waals surface area contributed by atoms with Crippen molar-refractivity contribution >= 4 is 5.97 Å². The maximum atomic E-state index is 11.8. The summed E-state index contributed by atoms with van der Waals surface area (Å²) in [4.78, 5) is 11.8. The Balaban J connectivity index is 1.48. The van der Waals surface area contributed by atoms with E-state index in [2.05, 4.69) is 12.1 Å². The van der Waals surface area contributed by atoms with Crippen LogP contribution in [0, 0.1) is 6.92 Å². The van der Waals surface area contributed by atoms with Crippen molar-refractivity contribution in [3.63, 3.8) is 0 Å². The molecule has 126 valence electrons. The van der Waals surface area contributed by atoms with Crippen molar-refractivity contribution < 1.29 is 14.3 Å². The molecule has 0 aromatic heterocycles. The fraction of sp³-hybridized carbons (Fsp3) is 0.136. The summed E-state index contributed by atoms with van der Waals surface area (Å²) in [6.07, 6.45) is 0. The monoisotopic (exact) mass is 332 g/mol. The maximum Gasteiger partial charge on any atom is 0.344 e. The van der Waals surface area contributed by atoms with Crippen LogP contribution in [0.1, 0.15) is 11.1 Å². The van der Waals surface area contributed by atoms with E-state index in [-0.39, 0.29) is 19.2 Å². The molecule has 3 rings (SSSR count). The Morgan fingerprint density at radius 2 is 1.44 bits per heavy atom. The topological polar surface area (TPSA) is 35.5 Å². The summed E-state index contributed by atoms with van der Waals surface area (Å²) in [6.45, 7) is 2.18. The van der Waals surface area contributed by atoms with Gasteiger partial charge in [0.15, 0.2) is 6.61 Å². The Bertz CT molecular complexity index is 806. The Kier molecular flexibility index (Phi) is 5.47. The summed E-state index contributed by atoms with van der Waals surface area (Å²) < 4.78 is 10.7. The molecule has 0 aliphatic carbocycles. The molecule has 3 aromatic rings. The average molecular weight is 332 g/mol. The van der Waals surface area contributed by atoms with Crippen molar-refractivity contribution in [3.8, 4) is 16.9 Å². The lowest BCUT2D eigenvalue weighted by atomic mass is 10.1. The van der Waals surface area contributed by atoms with Gasteiger partial charge in [-0.15, -0.1) is 0 Å². The zero-order valence-corrected chi connectivity index (χ0v) is 14.1. The van der Waals surface area contributed by atoms with Gasteiger partial charge in [0, 0.05) is 0 Å². The molecule has 0 saturated carbocycles. The first-order chi connectivity index (χ1) is 12.2. The molecule has 0 aliphatic heterocycles. The fourth-order valence-electron chi connectivity index (χ4n) is 2.41. The summed E-state index contributed by atoms with van der Waals surface area (Å²) in [5, 5.41) is 0. The van der Waals surface area contributed by atoms with Crippen LogP contribution in [0.5, 0.6) is 5.75 Å². The van der Waals surface area contributed by atoms with Crippen LogP contribution in [0.15, 0.2) is 78.9 Å². The van der Waals surface area contributed by atoms with E-state index in [4.69, 9.17) is 9.47 Å². The molecule has 0 fully saturated rings. The van der Waals surface area contributed by atoms with Crippen LogP contribution in [0.3, 0.4) is 0 Å². The SMILES string of the molecule is Cc1ccc(COC(=O)COc2ccc(-c3ccccc3)cc2)cc1. The fourth-order valence-corrected chi connectivity index (χ4v) is 2.41. The van der Waals surface area contributed by atoms with E-state index in [1.165, 1.54) is 5.56 Å². The van der Waals surface area contributed by atoms with Gasteiger partial charge in [-0.3, -0.25) is 0 Å². The van der Waals surface area contributed by atoms with Crippen molar-refractivity contribution in [2.75, 3.05) is 6.61 Å². The van der Waals surface area contributed by atoms with Crippen LogP contribution in [-0.4, -0.2) is 12.6 Å². The third-order valence-electron chi connectivity index (χ3n) is 3.84. The normalized spacial score (nSPS) is 10.3. The lowest BCUT2D eigenvalue weighted by molar-refractivity contribution is -0.147. The molecule has 0 saturated heterocycles. The molecule has 3 heteroatoms. The van der Waals surface area contributed by atoms with Gasteiger partial charge in [0.2, 0.25) is 0 Å². The number of ether oxygens (including phenoxy) is 2. The van der Waals surface area contributed by atoms with Crippen molar-refractivity contribution in [1.82, 2.24) is 0 Å². The molecule has 0 spiro atoms. The predicted molar refractivity (Wildman–Crippen MR) is 98.3 cm³/mol. The third-order valence-corrected chi connectivity index (χ3v) is 3.84. The molecule has 25 heavy (non-hydrogen) atoms. The van der Waals surface area contributed by atoms with Gasteiger partial charge in [0.05, 0.1) is 0 Å². The van der Waals surface area contributed by atoms with E-state index in [0.29, 0.717) is 5.75 Å². The number of carbonyl (C=O) groups is 1. The predicted octanol–water partition coefficient (Wildman–Crippen LogP) is 4.78. The van der Waals surface area contributed by atoms with Crippen LogP contribution in [0.25, 0.3) is 11.1 Å². The minimum absolute atomic E-state index is 0.101. The van der Waals surface area contributed by atoms with Crippen LogP contribution < -0.4 is 4.74 Å². The van der Waals surface area contributed by atoms with Crippen LogP contribution in [-0.2, 0) is 16.1 Å². The first-order valence-electron chi connectivity index (χ1n) is 8.20. The quantitative estimate of drug-likeness (QED) is 0.609. The number of hydrogen-bond acceptors (Lipinski definition) is 3. The van der Waals surface area contributed by atoms with E-state index in [9.17, 15) is 4.79 Å². The van der Waals surface area contributed by atoms with Gasteiger partial charge in [-0.1, -0.05) is 72.3 Å². The molecule has 0 N–H and O–H groups in total. The van der Waals surface area contributed by atoms with Crippen molar-refractivity contribution in [1.29, 1.82) is 0 Å². The lowest BCUT2D eigenvalue weighted by Gasteiger charge is -2.08. The molecular formula is C22H20O3. The zero-order chi connectivity index (χ0) is 17.5. The standard InChI is InChI=1S/C22H20O3/c1-17-7-9-18(10-8-17)15-25-22(23)16-24-21-13-11-20(12-14-21)19-5-3-2-4-6-19/h2-14H,15-16H2,1H3. The molecule has 0 amide bonds. The zero-order valence-electron chi connectivity index (χ0n) is 14.1. The lowest BCUT2D eigenvalue weighted by Crippen LogP contribution is -2.14. The van der Waals surface area contributed by atoms with E-state index in [1.54, 1.807) is 0 Å². The highest BCUT2D eigenvalue weighted by molar-refractivity contribution is 5.71. The number of rotatable bonds is 6. The Morgan fingerprint density at radius 3 is 2.12 bits per heavy atom. The van der Waals surface area contributed by atoms with E-state index < -0.39 is 0 Å². The van der Waals surface area contributed by atoms with Gasteiger partial charge in [0.1, 0.15) is 12.4 Å². The summed E-state index contributed by atoms with van der Waals surface area (Å²) >= 11 is 0. The number of aryl methyl sites for hydroxylation is 1. The van der Waals surface area contributed by atoms with Crippen LogP contribution >= 0.6 is 0 Å². The second-order valence-corrected chi connectivity index (χ2v) is 5.83. The van der Waals surface area contributed by atoms with Gasteiger partial charge >= 0.3 is 5.97 Å². The molecule has 3 aromatic carbocycles. The summed E-state index contributed by atoms with van der Waals surface area (Å²) in [5.74, 6) is 0.264. The summed E-state index contributed by atoms with van der Waals surface area (Å²) in [6, 6.07) is 25.7. The summed E-state index contributed by atoms with van der Waals surface area (Å²) in [7, 11) is 0. The maximum absolute atomic E-state index is 11.8. The second kappa shape index (κ2) is 8.15. The van der Waals surface area contributed by atoms with Gasteiger partial charge in [-0.2, -0.15) is 0 Å². The van der Waals surface area contributed by atoms with Crippen LogP contribution in [0.2, 0.25) is 0 Å². The van der Waals surface area contributed by atoms with Crippen molar-refractivity contribution in [2.24, 2.45) is 0 Å². The molecule has 0 radical (unpaired) electrons. The van der Waals surface area contributed by atoms with E-state index in [0.717, 1.165) is 16.7 Å². The molecule has 0 aliphatic rings. The summed E-state index contributed by atoms with van der Waals surface area (Å²) in [5.41, 5.74) is 4.39. The van der Waals surface area contributed by atoms with E-state index >= 15 is 0 Å². The minimum Gasteiger partial charge on any atom is -0.482 e. The van der Waals surface area contributed by atoms with Crippen LogP contribution in [0.4, 0.5) is 0 Å². The van der Waals surface area contributed by atoms with Gasteiger partial charge in [-0.05, 0) is 35.7 Å². The number of hydrogen-bond donors (Lipinski definition) is 0. The first-order valence-corrected chi connectivity index (χ1v) is 8.20. The third kappa shape index (κ3) is 4.95. The highest BCUT2D eigenvalue weighted by Crippen LogP contribution is 2.22. The number of esters is 1. The van der Waals surface area contributed by atoms with Crippen molar-refractivity contribution in [2.45, 2.75) is 13.5 Å². The van der Waals surface area contributed by atoms with Gasteiger partial charge in [0.25, 0.3) is 0 Å². The molecule has 0 heterocycles. The number of benzene rings is 3. The molecule has 0 atom stereocenters. The highest BCUT2D eigenvalue weighted by Gasteiger charge is 2.05. The largest absolute Gasteiger partial charge is 0.482 e. The molecule has 3 nitrogen and oxygen atoms in total. The molecule has 0 unspecified atom stereocenters. The van der Waals surface area contributed by atoms with E-state index in [1.807, 2.05) is 73.7 Å². The molecular weight excluding hydrogens is 312 g/mol. The highest BCUT2D eigenvalue weighted by atomic mass is 16.6. The molecule has 0 bridgehead atoms. The smallest absolute Gasteiger partial charge is 0.344 e. The average Bonchev–Trinajstić information content (AvgIpc) is 2.67. The van der Waals surface area contributed by atoms with Gasteiger partial charge < -0.3 is 9.47 Å². The first kappa shape index (κ1) is 16.8. The van der Waals surface area contributed by atoms with Crippen molar-refractivity contribution in [3.05, 3.63) is 90.0 Å². The Hall–Kier alpha value is -3.07. The Morgan fingerprint density at radius 1 is 0.800 bits per heavy atom. The number of carbonyl (C=O) groups excluding carboxylic acids is 1. The van der Waals surface area contributed by atoms with Gasteiger partial charge in [-0.25, -0.2) is 4.79 Å². The second-order valence-electron chi connectivity index (χ2n) is 5.83. The Labute approximate surface area is 147 Å². The minimum atomic E-state index is -0.382.